The normalized spacial score (nSPS) is 12.0. The summed E-state index contributed by atoms with van der Waals surface area (Å²) >= 11 is 12.1. The van der Waals surface area contributed by atoms with Crippen molar-refractivity contribution in [1.82, 2.24) is 9.55 Å². The first-order valence-corrected chi connectivity index (χ1v) is 9.82. The van der Waals surface area contributed by atoms with Crippen LogP contribution in [0, 0.1) is 0 Å². The average molecular weight is 461 g/mol. The Hall–Kier alpha value is -3.09. The first-order chi connectivity index (χ1) is 14.7. The minimum Gasteiger partial charge on any atom is -0.268 e. The van der Waals surface area contributed by atoms with E-state index in [1.807, 2.05) is 0 Å². The molecule has 4 aromatic rings. The highest BCUT2D eigenvalue weighted by Gasteiger charge is 2.30. The number of aromatic nitrogens is 2. The van der Waals surface area contributed by atoms with Gasteiger partial charge in [-0.15, -0.1) is 0 Å². The number of para-hydroxylation sites is 1. The largest absolute Gasteiger partial charge is 0.416 e. The first kappa shape index (κ1) is 21.2. The van der Waals surface area contributed by atoms with E-state index >= 15 is 0 Å². The second-order valence-electron chi connectivity index (χ2n) is 6.67. The van der Waals surface area contributed by atoms with Crippen molar-refractivity contribution in [2.45, 2.75) is 6.18 Å². The topological polar surface area (TPSA) is 34.9 Å². The molecule has 31 heavy (non-hydrogen) atoms. The fourth-order valence-electron chi connectivity index (χ4n) is 3.13. The van der Waals surface area contributed by atoms with E-state index in [1.165, 1.54) is 18.2 Å². The van der Waals surface area contributed by atoms with Crippen molar-refractivity contribution in [1.29, 1.82) is 0 Å². The summed E-state index contributed by atoms with van der Waals surface area (Å²) in [6.07, 6.45) is -1.39. The van der Waals surface area contributed by atoms with Crippen LogP contribution in [-0.2, 0) is 6.18 Å². The zero-order valence-corrected chi connectivity index (χ0v) is 17.2. The Morgan fingerprint density at radius 2 is 1.68 bits per heavy atom. The maximum Gasteiger partial charge on any atom is 0.416 e. The minimum atomic E-state index is -4.54. The summed E-state index contributed by atoms with van der Waals surface area (Å²) in [7, 11) is 0. The van der Waals surface area contributed by atoms with Gasteiger partial charge in [0, 0.05) is 10.0 Å². The van der Waals surface area contributed by atoms with E-state index in [4.69, 9.17) is 23.2 Å². The Balaban J connectivity index is 1.95. The third-order valence-corrected chi connectivity index (χ3v) is 5.17. The maximum absolute atomic E-state index is 13.2. The molecule has 0 aliphatic heterocycles. The van der Waals surface area contributed by atoms with Crippen molar-refractivity contribution in [2.75, 3.05) is 0 Å². The molecular formula is C23H13Cl2F3N2O. The van der Waals surface area contributed by atoms with Crippen LogP contribution >= 0.6 is 23.2 Å². The molecule has 4 rings (SSSR count). The third-order valence-electron chi connectivity index (χ3n) is 4.61. The molecule has 0 saturated carbocycles. The summed E-state index contributed by atoms with van der Waals surface area (Å²) in [6.45, 7) is 0. The number of alkyl halides is 3. The van der Waals surface area contributed by atoms with Gasteiger partial charge in [0.1, 0.15) is 5.82 Å². The molecule has 1 aromatic heterocycles. The molecule has 0 amide bonds. The highest BCUT2D eigenvalue weighted by molar-refractivity contribution is 6.35. The lowest BCUT2D eigenvalue weighted by molar-refractivity contribution is -0.137. The number of nitrogens with zero attached hydrogens (tertiary/aromatic N) is 2. The van der Waals surface area contributed by atoms with E-state index < -0.39 is 17.3 Å². The summed E-state index contributed by atoms with van der Waals surface area (Å²) in [6, 6.07) is 16.1. The van der Waals surface area contributed by atoms with Crippen LogP contribution < -0.4 is 5.56 Å². The number of hydrogen-bond donors (Lipinski definition) is 0. The number of benzene rings is 3. The summed E-state index contributed by atoms with van der Waals surface area (Å²) in [4.78, 5) is 17.7. The highest BCUT2D eigenvalue weighted by atomic mass is 35.5. The van der Waals surface area contributed by atoms with Gasteiger partial charge >= 0.3 is 6.18 Å². The van der Waals surface area contributed by atoms with Gasteiger partial charge in [-0.25, -0.2) is 4.98 Å². The number of halogens is 5. The van der Waals surface area contributed by atoms with Crippen LogP contribution in [0.4, 0.5) is 13.2 Å². The van der Waals surface area contributed by atoms with Crippen molar-refractivity contribution in [3.8, 4) is 5.69 Å². The lowest BCUT2D eigenvalue weighted by Crippen LogP contribution is -2.22. The molecule has 0 fully saturated rings. The van der Waals surface area contributed by atoms with Gasteiger partial charge in [-0.3, -0.25) is 9.36 Å². The molecular weight excluding hydrogens is 448 g/mol. The second-order valence-corrected chi connectivity index (χ2v) is 7.52. The zero-order valence-electron chi connectivity index (χ0n) is 15.7. The quantitative estimate of drug-likeness (QED) is 0.333. The van der Waals surface area contributed by atoms with Crippen molar-refractivity contribution in [3.05, 3.63) is 104 Å². The van der Waals surface area contributed by atoms with Crippen molar-refractivity contribution < 1.29 is 13.2 Å². The molecule has 156 valence electrons. The van der Waals surface area contributed by atoms with Crippen LogP contribution in [0.15, 0.2) is 71.5 Å². The lowest BCUT2D eigenvalue weighted by atomic mass is 10.1. The van der Waals surface area contributed by atoms with Crippen molar-refractivity contribution in [2.24, 2.45) is 0 Å². The fourth-order valence-corrected chi connectivity index (χ4v) is 3.61. The average Bonchev–Trinajstić information content (AvgIpc) is 2.73. The molecule has 0 unspecified atom stereocenters. The van der Waals surface area contributed by atoms with Gasteiger partial charge in [-0.2, -0.15) is 13.2 Å². The fraction of sp³-hybridized carbons (Fsp3) is 0.0435. The molecule has 3 nitrogen and oxygen atoms in total. The van der Waals surface area contributed by atoms with Gasteiger partial charge in [0.25, 0.3) is 5.56 Å². The van der Waals surface area contributed by atoms with Crippen molar-refractivity contribution >= 4 is 46.3 Å². The molecule has 0 aliphatic carbocycles. The lowest BCUT2D eigenvalue weighted by Gasteiger charge is -2.14. The standard InChI is InChI=1S/C23H13Cl2F3N2O/c24-16-10-8-14(19(25)13-16)9-11-21-29-20-7-2-1-6-18(20)22(31)30(21)17-5-3-4-15(12-17)23(26,27)28/h1-13H/b11-9+. The monoisotopic (exact) mass is 460 g/mol. The van der Waals surface area contributed by atoms with Gasteiger partial charge in [0.15, 0.2) is 0 Å². The van der Waals surface area contributed by atoms with E-state index in [-0.39, 0.29) is 11.5 Å². The van der Waals surface area contributed by atoms with E-state index in [0.717, 1.165) is 16.7 Å². The van der Waals surface area contributed by atoms with Crippen LogP contribution in [0.25, 0.3) is 28.7 Å². The molecule has 3 aromatic carbocycles. The molecule has 0 radical (unpaired) electrons. The number of rotatable bonds is 3. The molecule has 0 saturated heterocycles. The van der Waals surface area contributed by atoms with E-state index in [0.29, 0.717) is 26.5 Å². The maximum atomic E-state index is 13.2. The molecule has 8 heteroatoms. The van der Waals surface area contributed by atoms with Gasteiger partial charge < -0.3 is 0 Å². The van der Waals surface area contributed by atoms with Gasteiger partial charge in [0.05, 0.1) is 22.2 Å². The number of fused-ring (bicyclic) bond motifs is 1. The SMILES string of the molecule is O=c1c2ccccc2nc(/C=C/c2ccc(Cl)cc2Cl)n1-c1cccc(C(F)(F)F)c1. The van der Waals surface area contributed by atoms with Crippen LogP contribution in [0.5, 0.6) is 0 Å². The molecule has 0 bridgehead atoms. The Labute approximate surface area is 185 Å². The molecule has 0 aliphatic rings. The molecule has 0 N–H and O–H groups in total. The minimum absolute atomic E-state index is 0.0555. The second kappa shape index (κ2) is 8.21. The Kier molecular flexibility index (Phi) is 5.60. The Morgan fingerprint density at radius 3 is 2.42 bits per heavy atom. The van der Waals surface area contributed by atoms with Gasteiger partial charge in [-0.1, -0.05) is 47.5 Å². The zero-order chi connectivity index (χ0) is 22.2. The van der Waals surface area contributed by atoms with Crippen molar-refractivity contribution in [3.63, 3.8) is 0 Å². The molecule has 0 spiro atoms. The van der Waals surface area contributed by atoms with Crippen LogP contribution in [-0.4, -0.2) is 9.55 Å². The summed E-state index contributed by atoms with van der Waals surface area (Å²) < 4.78 is 40.9. The predicted molar refractivity (Wildman–Crippen MR) is 118 cm³/mol. The van der Waals surface area contributed by atoms with E-state index in [9.17, 15) is 18.0 Å². The van der Waals surface area contributed by atoms with Crippen LogP contribution in [0.2, 0.25) is 10.0 Å². The first-order valence-electron chi connectivity index (χ1n) is 9.06. The number of hydrogen-bond acceptors (Lipinski definition) is 2. The van der Waals surface area contributed by atoms with E-state index in [1.54, 1.807) is 48.5 Å². The Morgan fingerprint density at radius 1 is 0.903 bits per heavy atom. The smallest absolute Gasteiger partial charge is 0.268 e. The highest BCUT2D eigenvalue weighted by Crippen LogP contribution is 2.30. The van der Waals surface area contributed by atoms with Gasteiger partial charge in [0.2, 0.25) is 0 Å². The van der Waals surface area contributed by atoms with Gasteiger partial charge in [-0.05, 0) is 60.2 Å². The summed E-state index contributed by atoms with van der Waals surface area (Å²) in [5.41, 5.74) is -0.242. The van der Waals surface area contributed by atoms with Crippen LogP contribution in [0.1, 0.15) is 17.0 Å². The molecule has 1 heterocycles. The predicted octanol–water partition coefficient (Wildman–Crippen LogP) is 6.88. The van der Waals surface area contributed by atoms with Crippen LogP contribution in [0.3, 0.4) is 0 Å². The summed E-state index contributed by atoms with van der Waals surface area (Å²) in [5.74, 6) is 0.161. The Bertz CT molecular complexity index is 1380. The molecule has 0 atom stereocenters. The summed E-state index contributed by atoms with van der Waals surface area (Å²) in [5, 5.41) is 1.14. The van der Waals surface area contributed by atoms with E-state index in [2.05, 4.69) is 4.98 Å². The third kappa shape index (κ3) is 4.36.